The van der Waals surface area contributed by atoms with Crippen LogP contribution >= 0.6 is 0 Å². The number of carboxylic acid groups (broad SMARTS) is 1. The lowest BCUT2D eigenvalue weighted by molar-refractivity contribution is -0.149. The molecule has 3 fully saturated rings. The highest BCUT2D eigenvalue weighted by Gasteiger charge is 2.56. The molecule has 0 spiro atoms. The van der Waals surface area contributed by atoms with Crippen LogP contribution in [0.25, 0.3) is 0 Å². The molecule has 0 aromatic rings. The lowest BCUT2D eigenvalue weighted by Gasteiger charge is -2.25. The van der Waals surface area contributed by atoms with E-state index in [1.165, 1.54) is 0 Å². The van der Waals surface area contributed by atoms with Gasteiger partial charge < -0.3 is 20.1 Å². The Bertz CT molecular complexity index is 427. The van der Waals surface area contributed by atoms with Crippen LogP contribution in [-0.4, -0.2) is 53.8 Å². The molecule has 0 bridgehead atoms. The fourth-order valence-electron chi connectivity index (χ4n) is 3.96. The van der Waals surface area contributed by atoms with Crippen molar-refractivity contribution in [3.8, 4) is 0 Å². The van der Waals surface area contributed by atoms with Crippen LogP contribution in [0, 0.1) is 11.3 Å². The van der Waals surface area contributed by atoms with Gasteiger partial charge in [0, 0.05) is 19.7 Å². The van der Waals surface area contributed by atoms with E-state index in [2.05, 4.69) is 5.32 Å². The van der Waals surface area contributed by atoms with Crippen LogP contribution in [0.15, 0.2) is 0 Å². The van der Waals surface area contributed by atoms with Crippen LogP contribution in [0.2, 0.25) is 0 Å². The summed E-state index contributed by atoms with van der Waals surface area (Å²) in [6.07, 6.45) is 3.43. The molecule has 2 N–H and O–H groups in total. The van der Waals surface area contributed by atoms with Crippen molar-refractivity contribution in [1.29, 1.82) is 0 Å². The van der Waals surface area contributed by atoms with Crippen molar-refractivity contribution < 1.29 is 19.4 Å². The number of hydrogen-bond acceptors (Lipinski definition) is 3. The molecule has 6 heteroatoms. The van der Waals surface area contributed by atoms with Gasteiger partial charge in [-0.3, -0.25) is 4.79 Å². The van der Waals surface area contributed by atoms with Gasteiger partial charge in [0.15, 0.2) is 0 Å². The molecule has 4 atom stereocenters. The van der Waals surface area contributed by atoms with Crippen LogP contribution in [0.3, 0.4) is 0 Å². The first-order valence-corrected chi connectivity index (χ1v) is 7.43. The summed E-state index contributed by atoms with van der Waals surface area (Å²) >= 11 is 0. The summed E-state index contributed by atoms with van der Waals surface area (Å²) in [4.78, 5) is 25.6. The number of carbonyl (C=O) groups excluding carboxylic acids is 1. The summed E-state index contributed by atoms with van der Waals surface area (Å²) in [6, 6.07) is -0.0916. The number of rotatable bonds is 2. The summed E-state index contributed by atoms with van der Waals surface area (Å²) in [5.41, 5.74) is -0.699. The molecule has 2 amide bonds. The van der Waals surface area contributed by atoms with Gasteiger partial charge >= 0.3 is 12.0 Å². The van der Waals surface area contributed by atoms with E-state index in [1.807, 2.05) is 6.92 Å². The molecule has 0 aromatic heterocycles. The van der Waals surface area contributed by atoms with Crippen LogP contribution in [-0.2, 0) is 9.53 Å². The Kier molecular flexibility index (Phi) is 3.36. The highest BCUT2D eigenvalue weighted by Crippen LogP contribution is 2.48. The molecule has 20 heavy (non-hydrogen) atoms. The standard InChI is InChI=1S/C14H22N2O4/c1-9-11(4-6-20-9)15-13(19)16-7-10-3-2-5-14(10,8-16)12(17)18/h9-11H,2-8H2,1H3,(H,15,19)(H,17,18)/t9-,10+,11-,14-/m1/s1. The second-order valence-electron chi connectivity index (χ2n) is 6.35. The number of aliphatic carboxylic acids is 1. The minimum Gasteiger partial charge on any atom is -0.481 e. The van der Waals surface area contributed by atoms with Gasteiger partial charge in [0.25, 0.3) is 0 Å². The highest BCUT2D eigenvalue weighted by atomic mass is 16.5. The summed E-state index contributed by atoms with van der Waals surface area (Å²) in [5.74, 6) is -0.629. The molecule has 0 aromatic carbocycles. The summed E-state index contributed by atoms with van der Waals surface area (Å²) in [5, 5.41) is 12.5. The third-order valence-corrected chi connectivity index (χ3v) is 5.27. The SMILES string of the molecule is C[C@H]1OCC[C@H]1NC(=O)N1C[C@@H]2CCC[C@@]2(C(=O)O)C1. The molecule has 3 aliphatic rings. The number of nitrogens with zero attached hydrogens (tertiary/aromatic N) is 1. The van der Waals surface area contributed by atoms with E-state index in [4.69, 9.17) is 4.74 Å². The number of ether oxygens (including phenoxy) is 1. The molecule has 112 valence electrons. The van der Waals surface area contributed by atoms with E-state index in [0.717, 1.165) is 19.3 Å². The van der Waals surface area contributed by atoms with E-state index >= 15 is 0 Å². The Labute approximate surface area is 118 Å². The van der Waals surface area contributed by atoms with E-state index < -0.39 is 11.4 Å². The Morgan fingerprint density at radius 2 is 2.20 bits per heavy atom. The Morgan fingerprint density at radius 3 is 2.80 bits per heavy atom. The molecule has 6 nitrogen and oxygen atoms in total. The van der Waals surface area contributed by atoms with Crippen molar-refractivity contribution >= 4 is 12.0 Å². The molecule has 3 rings (SSSR count). The minimum atomic E-state index is -0.743. The number of carbonyl (C=O) groups is 2. The van der Waals surface area contributed by atoms with Gasteiger partial charge in [-0.2, -0.15) is 0 Å². The van der Waals surface area contributed by atoms with Crippen LogP contribution in [0.1, 0.15) is 32.6 Å². The van der Waals surface area contributed by atoms with Gasteiger partial charge in [-0.25, -0.2) is 4.79 Å². The largest absolute Gasteiger partial charge is 0.481 e. The number of likely N-dealkylation sites (tertiary alicyclic amines) is 1. The maximum atomic E-state index is 12.3. The maximum absolute atomic E-state index is 12.3. The first-order valence-electron chi connectivity index (χ1n) is 7.43. The lowest BCUT2D eigenvalue weighted by atomic mass is 9.81. The van der Waals surface area contributed by atoms with Crippen molar-refractivity contribution in [3.63, 3.8) is 0 Å². The van der Waals surface area contributed by atoms with E-state index in [-0.39, 0.29) is 24.1 Å². The number of hydrogen-bond donors (Lipinski definition) is 2. The number of urea groups is 1. The summed E-state index contributed by atoms with van der Waals surface area (Å²) in [7, 11) is 0. The lowest BCUT2D eigenvalue weighted by Crippen LogP contribution is -2.47. The van der Waals surface area contributed by atoms with E-state index in [0.29, 0.717) is 26.1 Å². The monoisotopic (exact) mass is 282 g/mol. The topological polar surface area (TPSA) is 78.9 Å². The molecule has 1 aliphatic carbocycles. The fourth-order valence-corrected chi connectivity index (χ4v) is 3.96. The van der Waals surface area contributed by atoms with Gasteiger partial charge in [-0.05, 0) is 32.1 Å². The third kappa shape index (κ3) is 2.06. The number of amides is 2. The van der Waals surface area contributed by atoms with Gasteiger partial charge in [-0.15, -0.1) is 0 Å². The fraction of sp³-hybridized carbons (Fsp3) is 0.857. The number of fused-ring (bicyclic) bond motifs is 1. The Balaban J connectivity index is 1.64. The van der Waals surface area contributed by atoms with Crippen molar-refractivity contribution in [2.45, 2.75) is 44.8 Å². The van der Waals surface area contributed by atoms with Gasteiger partial charge in [-0.1, -0.05) is 6.42 Å². The van der Waals surface area contributed by atoms with Crippen molar-refractivity contribution in [1.82, 2.24) is 10.2 Å². The second-order valence-corrected chi connectivity index (χ2v) is 6.35. The van der Waals surface area contributed by atoms with Crippen molar-refractivity contribution in [2.75, 3.05) is 19.7 Å². The average Bonchev–Trinajstić information content (AvgIpc) is 3.03. The van der Waals surface area contributed by atoms with Crippen molar-refractivity contribution in [3.05, 3.63) is 0 Å². The normalized spacial score (nSPS) is 39.9. The molecular formula is C14H22N2O4. The first-order chi connectivity index (χ1) is 9.53. The first kappa shape index (κ1) is 13.7. The average molecular weight is 282 g/mol. The maximum Gasteiger partial charge on any atom is 0.317 e. The molecule has 0 radical (unpaired) electrons. The summed E-state index contributed by atoms with van der Waals surface area (Å²) < 4.78 is 5.43. The van der Waals surface area contributed by atoms with Crippen molar-refractivity contribution in [2.24, 2.45) is 11.3 Å². The number of carboxylic acids is 1. The molecule has 0 unspecified atom stereocenters. The molecule has 2 saturated heterocycles. The van der Waals surface area contributed by atoms with Gasteiger partial charge in [0.05, 0.1) is 17.6 Å². The second kappa shape index (κ2) is 4.91. The van der Waals surface area contributed by atoms with E-state index in [9.17, 15) is 14.7 Å². The molecule has 2 aliphatic heterocycles. The highest BCUT2D eigenvalue weighted by molar-refractivity contribution is 5.80. The zero-order valence-corrected chi connectivity index (χ0v) is 11.8. The van der Waals surface area contributed by atoms with Crippen LogP contribution in [0.4, 0.5) is 4.79 Å². The van der Waals surface area contributed by atoms with Crippen LogP contribution < -0.4 is 5.32 Å². The molecule has 2 heterocycles. The summed E-state index contributed by atoms with van der Waals surface area (Å²) in [6.45, 7) is 3.55. The smallest absolute Gasteiger partial charge is 0.317 e. The minimum absolute atomic E-state index is 0.0366. The van der Waals surface area contributed by atoms with Crippen LogP contribution in [0.5, 0.6) is 0 Å². The molecular weight excluding hydrogens is 260 g/mol. The predicted octanol–water partition coefficient (Wildman–Crippen LogP) is 1.06. The molecule has 1 saturated carbocycles. The predicted molar refractivity (Wildman–Crippen MR) is 71.3 cm³/mol. The quantitative estimate of drug-likeness (QED) is 0.794. The van der Waals surface area contributed by atoms with Gasteiger partial charge in [0.2, 0.25) is 0 Å². The Hall–Kier alpha value is -1.30. The number of nitrogens with one attached hydrogen (secondary N) is 1. The zero-order chi connectivity index (χ0) is 14.3. The third-order valence-electron chi connectivity index (χ3n) is 5.27. The van der Waals surface area contributed by atoms with Gasteiger partial charge in [0.1, 0.15) is 0 Å². The zero-order valence-electron chi connectivity index (χ0n) is 11.8. The Morgan fingerprint density at radius 1 is 1.40 bits per heavy atom. The van der Waals surface area contributed by atoms with E-state index in [1.54, 1.807) is 4.90 Å².